The second-order valence-corrected chi connectivity index (χ2v) is 4.20. The van der Waals surface area contributed by atoms with Gasteiger partial charge in [0.15, 0.2) is 0 Å². The van der Waals surface area contributed by atoms with Gasteiger partial charge in [-0.25, -0.2) is 0 Å². The van der Waals surface area contributed by atoms with Crippen LogP contribution in [0.15, 0.2) is 42.5 Å². The number of hydrogen-bond acceptors (Lipinski definition) is 1. The average Bonchev–Trinajstić information content (AvgIpc) is 2.44. The molecular formula is C14H18O. The molecule has 0 unspecified atom stereocenters. The molecule has 1 aromatic rings. The SMILES string of the molecule is C[C@H]1CC=CC[C@@H](Cc2ccccc2)O1. The van der Waals surface area contributed by atoms with Crippen LogP contribution in [0.25, 0.3) is 0 Å². The minimum atomic E-state index is 0.348. The first kappa shape index (κ1) is 10.4. The van der Waals surface area contributed by atoms with Crippen LogP contribution in [0.3, 0.4) is 0 Å². The molecule has 2 rings (SSSR count). The zero-order chi connectivity index (χ0) is 10.5. The third-order valence-electron chi connectivity index (χ3n) is 2.76. The molecule has 0 saturated carbocycles. The first-order valence-electron chi connectivity index (χ1n) is 5.69. The summed E-state index contributed by atoms with van der Waals surface area (Å²) in [4.78, 5) is 0. The smallest absolute Gasteiger partial charge is 0.0653 e. The molecule has 0 amide bonds. The van der Waals surface area contributed by atoms with Gasteiger partial charge < -0.3 is 4.74 Å². The fourth-order valence-electron chi connectivity index (χ4n) is 1.98. The Kier molecular flexibility index (Phi) is 3.57. The van der Waals surface area contributed by atoms with E-state index in [1.165, 1.54) is 5.56 Å². The van der Waals surface area contributed by atoms with Gasteiger partial charge >= 0.3 is 0 Å². The van der Waals surface area contributed by atoms with E-state index >= 15 is 0 Å². The number of ether oxygens (including phenoxy) is 1. The molecule has 0 spiro atoms. The molecule has 0 fully saturated rings. The van der Waals surface area contributed by atoms with Gasteiger partial charge in [0, 0.05) is 0 Å². The van der Waals surface area contributed by atoms with Crippen LogP contribution in [-0.4, -0.2) is 12.2 Å². The van der Waals surface area contributed by atoms with E-state index in [4.69, 9.17) is 4.74 Å². The van der Waals surface area contributed by atoms with Crippen LogP contribution >= 0.6 is 0 Å². The van der Waals surface area contributed by atoms with E-state index < -0.39 is 0 Å². The Balaban J connectivity index is 1.96. The second kappa shape index (κ2) is 5.13. The Labute approximate surface area is 91.8 Å². The Morgan fingerprint density at radius 2 is 1.87 bits per heavy atom. The van der Waals surface area contributed by atoms with E-state index in [0.29, 0.717) is 12.2 Å². The van der Waals surface area contributed by atoms with E-state index in [9.17, 15) is 0 Å². The summed E-state index contributed by atoms with van der Waals surface area (Å²) in [6.07, 6.45) is 8.30. The van der Waals surface area contributed by atoms with E-state index in [2.05, 4.69) is 49.4 Å². The topological polar surface area (TPSA) is 9.23 Å². The normalized spacial score (nSPS) is 26.2. The lowest BCUT2D eigenvalue weighted by Gasteiger charge is -2.18. The second-order valence-electron chi connectivity index (χ2n) is 4.20. The molecule has 1 nitrogen and oxygen atoms in total. The molecule has 80 valence electrons. The molecule has 0 saturated heterocycles. The van der Waals surface area contributed by atoms with Gasteiger partial charge in [-0.1, -0.05) is 42.5 Å². The largest absolute Gasteiger partial charge is 0.374 e. The fraction of sp³-hybridized carbons (Fsp3) is 0.429. The summed E-state index contributed by atoms with van der Waals surface area (Å²) in [5, 5.41) is 0. The molecule has 0 aliphatic carbocycles. The van der Waals surface area contributed by atoms with E-state index in [-0.39, 0.29) is 0 Å². The Bertz CT molecular complexity index is 315. The summed E-state index contributed by atoms with van der Waals surface area (Å²) < 4.78 is 5.95. The van der Waals surface area contributed by atoms with Crippen molar-refractivity contribution in [2.75, 3.05) is 0 Å². The standard InChI is InChI=1S/C14H18O/c1-12-7-5-6-10-14(15-12)11-13-8-3-2-4-9-13/h2-6,8-9,12,14H,7,10-11H2,1H3/t12-,14-/m0/s1. The van der Waals surface area contributed by atoms with Gasteiger partial charge in [0.2, 0.25) is 0 Å². The zero-order valence-electron chi connectivity index (χ0n) is 9.23. The average molecular weight is 202 g/mol. The maximum Gasteiger partial charge on any atom is 0.0653 e. The lowest BCUT2D eigenvalue weighted by molar-refractivity contribution is 0.00588. The van der Waals surface area contributed by atoms with Gasteiger partial charge in [-0.3, -0.25) is 0 Å². The fourth-order valence-corrected chi connectivity index (χ4v) is 1.98. The number of hydrogen-bond donors (Lipinski definition) is 0. The van der Waals surface area contributed by atoms with Gasteiger partial charge in [0.1, 0.15) is 0 Å². The lowest BCUT2D eigenvalue weighted by Crippen LogP contribution is -2.19. The lowest BCUT2D eigenvalue weighted by atomic mass is 10.1. The molecule has 1 heterocycles. The minimum absolute atomic E-state index is 0.348. The number of benzene rings is 1. The number of rotatable bonds is 2. The Morgan fingerprint density at radius 3 is 2.67 bits per heavy atom. The highest BCUT2D eigenvalue weighted by Crippen LogP contribution is 2.16. The van der Waals surface area contributed by atoms with Crippen LogP contribution in [0.1, 0.15) is 25.3 Å². The zero-order valence-corrected chi connectivity index (χ0v) is 9.23. The first-order valence-corrected chi connectivity index (χ1v) is 5.69. The van der Waals surface area contributed by atoms with Crippen molar-refractivity contribution in [3.8, 4) is 0 Å². The molecule has 1 heteroatoms. The molecule has 2 atom stereocenters. The van der Waals surface area contributed by atoms with Gasteiger partial charge in [-0.05, 0) is 31.7 Å². The highest BCUT2D eigenvalue weighted by atomic mass is 16.5. The van der Waals surface area contributed by atoms with Crippen molar-refractivity contribution in [1.29, 1.82) is 0 Å². The summed E-state index contributed by atoms with van der Waals surface area (Å²) in [6, 6.07) is 10.6. The van der Waals surface area contributed by atoms with Gasteiger partial charge in [-0.15, -0.1) is 0 Å². The van der Waals surface area contributed by atoms with Crippen molar-refractivity contribution in [2.45, 2.75) is 38.4 Å². The third-order valence-corrected chi connectivity index (χ3v) is 2.76. The van der Waals surface area contributed by atoms with Crippen LogP contribution < -0.4 is 0 Å². The van der Waals surface area contributed by atoms with Crippen molar-refractivity contribution in [3.05, 3.63) is 48.0 Å². The molecule has 1 aliphatic heterocycles. The molecule has 0 radical (unpaired) electrons. The van der Waals surface area contributed by atoms with Crippen LogP contribution in [0.2, 0.25) is 0 Å². The molecule has 1 aromatic carbocycles. The molecule has 0 aromatic heterocycles. The van der Waals surface area contributed by atoms with Gasteiger partial charge in [-0.2, -0.15) is 0 Å². The summed E-state index contributed by atoms with van der Waals surface area (Å²) in [7, 11) is 0. The van der Waals surface area contributed by atoms with Crippen molar-refractivity contribution in [2.24, 2.45) is 0 Å². The third kappa shape index (κ3) is 3.21. The summed E-state index contributed by atoms with van der Waals surface area (Å²) >= 11 is 0. The minimum Gasteiger partial charge on any atom is -0.374 e. The van der Waals surface area contributed by atoms with Crippen LogP contribution in [0.4, 0.5) is 0 Å². The Hall–Kier alpha value is -1.08. The molecule has 1 aliphatic rings. The van der Waals surface area contributed by atoms with Crippen LogP contribution in [-0.2, 0) is 11.2 Å². The van der Waals surface area contributed by atoms with Crippen molar-refractivity contribution >= 4 is 0 Å². The van der Waals surface area contributed by atoms with Gasteiger partial charge in [0.05, 0.1) is 12.2 Å². The highest BCUT2D eigenvalue weighted by molar-refractivity contribution is 5.15. The van der Waals surface area contributed by atoms with Crippen LogP contribution in [0.5, 0.6) is 0 Å². The first-order chi connectivity index (χ1) is 7.34. The quantitative estimate of drug-likeness (QED) is 0.668. The maximum atomic E-state index is 5.95. The maximum absolute atomic E-state index is 5.95. The van der Waals surface area contributed by atoms with Crippen LogP contribution in [0, 0.1) is 0 Å². The van der Waals surface area contributed by atoms with Crippen molar-refractivity contribution < 1.29 is 4.74 Å². The summed E-state index contributed by atoms with van der Waals surface area (Å²) in [6.45, 7) is 2.15. The predicted octanol–water partition coefficient (Wildman–Crippen LogP) is 3.35. The van der Waals surface area contributed by atoms with Gasteiger partial charge in [0.25, 0.3) is 0 Å². The van der Waals surface area contributed by atoms with E-state index in [1.54, 1.807) is 0 Å². The highest BCUT2D eigenvalue weighted by Gasteiger charge is 2.14. The molecule has 0 N–H and O–H groups in total. The molecule has 0 bridgehead atoms. The summed E-state index contributed by atoms with van der Waals surface area (Å²) in [5.41, 5.74) is 1.37. The molecule has 15 heavy (non-hydrogen) atoms. The summed E-state index contributed by atoms with van der Waals surface area (Å²) in [5.74, 6) is 0. The molecular weight excluding hydrogens is 184 g/mol. The van der Waals surface area contributed by atoms with E-state index in [0.717, 1.165) is 19.3 Å². The van der Waals surface area contributed by atoms with Crippen molar-refractivity contribution in [3.63, 3.8) is 0 Å². The predicted molar refractivity (Wildman–Crippen MR) is 62.9 cm³/mol. The Morgan fingerprint density at radius 1 is 1.13 bits per heavy atom. The van der Waals surface area contributed by atoms with Crippen molar-refractivity contribution in [1.82, 2.24) is 0 Å². The van der Waals surface area contributed by atoms with E-state index in [1.807, 2.05) is 0 Å². The monoisotopic (exact) mass is 202 g/mol.